The lowest BCUT2D eigenvalue weighted by molar-refractivity contribution is -0.138. The number of para-hydroxylation sites is 2. The molecule has 3 aromatic carbocycles. The number of hydrazine groups is 1. The molecule has 2 amide bonds. The molecule has 31 heavy (non-hydrogen) atoms. The van der Waals surface area contributed by atoms with E-state index in [4.69, 9.17) is 0 Å². The van der Waals surface area contributed by atoms with Gasteiger partial charge in [0.2, 0.25) is 5.91 Å². The predicted molar refractivity (Wildman–Crippen MR) is 123 cm³/mol. The van der Waals surface area contributed by atoms with E-state index in [-0.39, 0.29) is 29.1 Å². The van der Waals surface area contributed by atoms with Gasteiger partial charge < -0.3 is 10.1 Å². The monoisotopic (exact) mass is 450 g/mol. The summed E-state index contributed by atoms with van der Waals surface area (Å²) in [7, 11) is 0. The molecule has 1 aromatic heterocycles. The number of nitrogens with zero attached hydrogens (tertiary/aromatic N) is 2. The van der Waals surface area contributed by atoms with E-state index in [2.05, 4.69) is 15.4 Å². The molecule has 0 radical (unpaired) electrons. The number of amides is 2. The number of thioether (sulfide) groups is 2. The smallest absolute Gasteiger partial charge is 0.252 e. The zero-order chi connectivity index (χ0) is 21.4. The van der Waals surface area contributed by atoms with Crippen LogP contribution in [0, 0.1) is 0 Å². The lowest BCUT2D eigenvalue weighted by Crippen LogP contribution is -2.45. The molecule has 1 atom stereocenters. The van der Waals surface area contributed by atoms with E-state index >= 15 is 0 Å². The fourth-order valence-corrected chi connectivity index (χ4v) is 5.45. The average molecular weight is 451 g/mol. The third kappa shape index (κ3) is 3.82. The molecule has 0 bridgehead atoms. The van der Waals surface area contributed by atoms with Gasteiger partial charge in [-0.3, -0.25) is 15.0 Å². The standard InChI is InChI=1S/C22H18N4O3S2/c27-17-10-9-13-5-1-2-6-14(13)20(17)21-26(19(29)12-30-21)25-18(28)11-31-22-23-15-7-3-4-8-16(15)24-22/h1-10,21,27H,11-12H2,(H,23,24)(H,25,28). The third-order valence-electron chi connectivity index (χ3n) is 5.02. The molecule has 4 aromatic rings. The topological polar surface area (TPSA) is 98.3 Å². The van der Waals surface area contributed by atoms with Gasteiger partial charge in [0.15, 0.2) is 5.16 Å². The van der Waals surface area contributed by atoms with Crippen LogP contribution in [0.3, 0.4) is 0 Å². The molecule has 1 aliphatic rings. The summed E-state index contributed by atoms with van der Waals surface area (Å²) in [5, 5.41) is 13.8. The first-order chi connectivity index (χ1) is 15.1. The van der Waals surface area contributed by atoms with Crippen LogP contribution in [0.15, 0.2) is 65.8 Å². The number of phenols is 1. The number of hydrogen-bond donors (Lipinski definition) is 3. The second-order valence-corrected chi connectivity index (χ2v) is 9.06. The van der Waals surface area contributed by atoms with Gasteiger partial charge in [-0.25, -0.2) is 9.99 Å². The minimum Gasteiger partial charge on any atom is -0.508 e. The maximum atomic E-state index is 12.6. The molecule has 7 nitrogen and oxygen atoms in total. The van der Waals surface area contributed by atoms with Gasteiger partial charge in [0.25, 0.3) is 5.91 Å². The average Bonchev–Trinajstić information content (AvgIpc) is 3.36. The number of carbonyl (C=O) groups is 2. The highest BCUT2D eigenvalue weighted by molar-refractivity contribution is 8.00. The molecule has 0 spiro atoms. The molecule has 1 fully saturated rings. The molecule has 0 aliphatic carbocycles. The quantitative estimate of drug-likeness (QED) is 0.400. The van der Waals surface area contributed by atoms with Crippen molar-refractivity contribution < 1.29 is 14.7 Å². The Bertz CT molecular complexity index is 1270. The normalized spacial score (nSPS) is 16.3. The van der Waals surface area contributed by atoms with E-state index in [9.17, 15) is 14.7 Å². The van der Waals surface area contributed by atoms with Gasteiger partial charge in [0.1, 0.15) is 11.1 Å². The fourth-order valence-electron chi connectivity index (χ4n) is 3.60. The van der Waals surface area contributed by atoms with Crippen LogP contribution in [0.5, 0.6) is 5.75 Å². The molecular weight excluding hydrogens is 432 g/mol. The van der Waals surface area contributed by atoms with Crippen molar-refractivity contribution >= 4 is 57.1 Å². The zero-order valence-corrected chi connectivity index (χ0v) is 17.9. The van der Waals surface area contributed by atoms with Crippen LogP contribution < -0.4 is 5.43 Å². The number of aromatic hydroxyl groups is 1. The van der Waals surface area contributed by atoms with Gasteiger partial charge in [0.05, 0.1) is 22.5 Å². The molecule has 9 heteroatoms. The molecule has 1 saturated heterocycles. The van der Waals surface area contributed by atoms with Crippen LogP contribution >= 0.6 is 23.5 Å². The summed E-state index contributed by atoms with van der Waals surface area (Å²) < 4.78 is 0. The van der Waals surface area contributed by atoms with Crippen molar-refractivity contribution in [2.45, 2.75) is 10.5 Å². The second kappa shape index (κ2) is 8.16. The van der Waals surface area contributed by atoms with Crippen LogP contribution in [0.25, 0.3) is 21.8 Å². The van der Waals surface area contributed by atoms with Gasteiger partial charge in [0, 0.05) is 5.56 Å². The number of rotatable bonds is 5. The van der Waals surface area contributed by atoms with E-state index in [0.717, 1.165) is 21.8 Å². The number of aromatic amines is 1. The maximum Gasteiger partial charge on any atom is 0.252 e. The van der Waals surface area contributed by atoms with E-state index < -0.39 is 5.37 Å². The predicted octanol–water partition coefficient (Wildman–Crippen LogP) is 3.82. The Morgan fingerprint density at radius 2 is 2.00 bits per heavy atom. The van der Waals surface area contributed by atoms with Gasteiger partial charge in [-0.2, -0.15) is 0 Å². The highest BCUT2D eigenvalue weighted by Gasteiger charge is 2.36. The molecule has 2 heterocycles. The summed E-state index contributed by atoms with van der Waals surface area (Å²) in [6.07, 6.45) is 0. The zero-order valence-electron chi connectivity index (χ0n) is 16.2. The van der Waals surface area contributed by atoms with E-state index in [1.165, 1.54) is 28.5 Å². The fraction of sp³-hybridized carbons (Fsp3) is 0.136. The van der Waals surface area contributed by atoms with Gasteiger partial charge >= 0.3 is 0 Å². The minimum atomic E-state index is -0.501. The van der Waals surface area contributed by atoms with Crippen LogP contribution in [-0.2, 0) is 9.59 Å². The van der Waals surface area contributed by atoms with E-state index in [1.54, 1.807) is 6.07 Å². The number of hydrogen-bond acceptors (Lipinski definition) is 6. The lowest BCUT2D eigenvalue weighted by atomic mass is 10.0. The number of fused-ring (bicyclic) bond motifs is 2. The number of benzene rings is 3. The van der Waals surface area contributed by atoms with Crippen LogP contribution in [0.2, 0.25) is 0 Å². The first-order valence-corrected chi connectivity index (χ1v) is 11.6. The Hall–Kier alpha value is -3.17. The lowest BCUT2D eigenvalue weighted by Gasteiger charge is -2.26. The molecule has 156 valence electrons. The number of imidazole rings is 1. The van der Waals surface area contributed by atoms with Crippen LogP contribution in [-0.4, -0.2) is 43.4 Å². The van der Waals surface area contributed by atoms with Crippen molar-refractivity contribution in [3.8, 4) is 5.75 Å². The largest absolute Gasteiger partial charge is 0.508 e. The Kier molecular flexibility index (Phi) is 5.21. The third-order valence-corrected chi connectivity index (χ3v) is 7.06. The number of nitrogens with one attached hydrogen (secondary N) is 2. The molecule has 3 N–H and O–H groups in total. The highest BCUT2D eigenvalue weighted by Crippen LogP contribution is 2.44. The van der Waals surface area contributed by atoms with Crippen molar-refractivity contribution in [2.24, 2.45) is 0 Å². The molecule has 1 unspecified atom stereocenters. The summed E-state index contributed by atoms with van der Waals surface area (Å²) in [6.45, 7) is 0. The number of aromatic nitrogens is 2. The number of phenolic OH excluding ortho intramolecular Hbond substituents is 1. The highest BCUT2D eigenvalue weighted by atomic mass is 32.2. The van der Waals surface area contributed by atoms with E-state index in [1.807, 2.05) is 54.6 Å². The van der Waals surface area contributed by atoms with Gasteiger partial charge in [-0.05, 0) is 29.0 Å². The summed E-state index contributed by atoms with van der Waals surface area (Å²) in [5.74, 6) is -0.0930. The van der Waals surface area contributed by atoms with Crippen molar-refractivity contribution in [2.75, 3.05) is 11.5 Å². The summed E-state index contributed by atoms with van der Waals surface area (Å²) in [6, 6.07) is 18.8. The summed E-state index contributed by atoms with van der Waals surface area (Å²) >= 11 is 2.65. The first kappa shape index (κ1) is 19.8. The molecule has 0 saturated carbocycles. The van der Waals surface area contributed by atoms with E-state index in [0.29, 0.717) is 10.7 Å². The summed E-state index contributed by atoms with van der Waals surface area (Å²) in [4.78, 5) is 32.8. The first-order valence-electron chi connectivity index (χ1n) is 9.61. The molecular formula is C22H18N4O3S2. The maximum absolute atomic E-state index is 12.6. The molecule has 1 aliphatic heterocycles. The second-order valence-electron chi connectivity index (χ2n) is 7.03. The Labute approximate surface area is 186 Å². The SMILES string of the molecule is O=C(CSc1nc2ccccc2[nH]1)NN1C(=O)CSC1c1c(O)ccc2ccccc12. The Morgan fingerprint density at radius 3 is 2.87 bits per heavy atom. The molecule has 5 rings (SSSR count). The number of carbonyl (C=O) groups excluding carboxylic acids is 2. The summed E-state index contributed by atoms with van der Waals surface area (Å²) in [5.41, 5.74) is 5.09. The Morgan fingerprint density at radius 1 is 1.19 bits per heavy atom. The van der Waals surface area contributed by atoms with Gasteiger partial charge in [-0.1, -0.05) is 54.2 Å². The van der Waals surface area contributed by atoms with Gasteiger partial charge in [-0.15, -0.1) is 11.8 Å². The van der Waals surface area contributed by atoms with Crippen molar-refractivity contribution in [1.29, 1.82) is 0 Å². The Balaban J connectivity index is 1.34. The minimum absolute atomic E-state index is 0.0989. The van der Waals surface area contributed by atoms with Crippen molar-refractivity contribution in [3.05, 3.63) is 66.2 Å². The van der Waals surface area contributed by atoms with Crippen molar-refractivity contribution in [1.82, 2.24) is 20.4 Å². The van der Waals surface area contributed by atoms with Crippen molar-refractivity contribution in [3.63, 3.8) is 0 Å². The van der Waals surface area contributed by atoms with Crippen LogP contribution in [0.1, 0.15) is 10.9 Å². The van der Waals surface area contributed by atoms with Crippen LogP contribution in [0.4, 0.5) is 0 Å². The number of H-pyrrole nitrogens is 1.